The summed E-state index contributed by atoms with van der Waals surface area (Å²) in [5.74, 6) is -5.51. The highest BCUT2D eigenvalue weighted by atomic mass is 19.4. The number of carbonyl (C=O) groups excluding carboxylic acids is 3. The molecule has 1 saturated heterocycles. The number of rotatable bonds is 11. The van der Waals surface area contributed by atoms with Crippen LogP contribution in [0.2, 0.25) is 0 Å². The van der Waals surface area contributed by atoms with Crippen molar-refractivity contribution in [1.29, 1.82) is 0 Å². The van der Waals surface area contributed by atoms with Gasteiger partial charge in [0.15, 0.2) is 0 Å². The molecule has 210 valence electrons. The van der Waals surface area contributed by atoms with Gasteiger partial charge in [-0.05, 0) is 33.1 Å². The first kappa shape index (κ1) is 30.7. The molecule has 37 heavy (non-hydrogen) atoms. The number of nitrogens with zero attached hydrogens (tertiary/aromatic N) is 1. The summed E-state index contributed by atoms with van der Waals surface area (Å²) in [5, 5.41) is 2.67. The molecule has 0 bridgehead atoms. The Labute approximate surface area is 211 Å². The number of carbonyl (C=O) groups is 3. The van der Waals surface area contributed by atoms with Gasteiger partial charge in [-0.15, -0.1) is 0 Å². The molecule has 0 spiro atoms. The van der Waals surface area contributed by atoms with Crippen molar-refractivity contribution in [2.45, 2.75) is 76.9 Å². The van der Waals surface area contributed by atoms with Crippen LogP contribution in [-0.4, -0.2) is 67.4 Å². The zero-order chi connectivity index (χ0) is 28.2. The largest absolute Gasteiger partial charge is 0.426 e. The smallest absolute Gasteiger partial charge is 0.396 e. The summed E-state index contributed by atoms with van der Waals surface area (Å²) in [7, 11) is 1.46. The first-order valence-electron chi connectivity index (χ1n) is 11.9. The zero-order valence-electron chi connectivity index (χ0n) is 21.1. The van der Waals surface area contributed by atoms with E-state index in [-0.39, 0.29) is 30.9 Å². The molecule has 2 aliphatic rings. The van der Waals surface area contributed by atoms with Gasteiger partial charge in [-0.25, -0.2) is 0 Å². The highest BCUT2D eigenvalue weighted by molar-refractivity contribution is 5.87. The minimum absolute atomic E-state index is 0.0267. The molecule has 0 aromatic rings. The number of hydrogen-bond acceptors (Lipinski definition) is 5. The Bertz CT molecular complexity index is 926. The van der Waals surface area contributed by atoms with E-state index in [1.54, 1.807) is 20.8 Å². The molecule has 13 heteroatoms. The molecule has 3 unspecified atom stereocenters. The molecule has 0 aromatic heterocycles. The van der Waals surface area contributed by atoms with Gasteiger partial charge in [0.05, 0.1) is 24.9 Å². The fourth-order valence-corrected chi connectivity index (χ4v) is 4.26. The van der Waals surface area contributed by atoms with E-state index in [9.17, 15) is 40.7 Å². The Hall–Kier alpha value is -2.57. The third-order valence-corrected chi connectivity index (χ3v) is 6.63. The topological polar surface area (TPSA) is 84.9 Å². The summed E-state index contributed by atoms with van der Waals surface area (Å²) in [4.78, 5) is 36.3. The summed E-state index contributed by atoms with van der Waals surface area (Å²) in [5.41, 5.74) is -1.45. The predicted molar refractivity (Wildman–Crippen MR) is 120 cm³/mol. The summed E-state index contributed by atoms with van der Waals surface area (Å²) in [6, 6.07) is 0. The second-order valence-electron chi connectivity index (χ2n) is 9.62. The van der Waals surface area contributed by atoms with E-state index in [4.69, 9.17) is 9.47 Å². The normalized spacial score (nSPS) is 22.7. The average Bonchev–Trinajstić information content (AvgIpc) is 2.78. The number of nitrogens with one attached hydrogen (secondary N) is 1. The number of fused-ring (bicyclic) bond motifs is 1. The number of amides is 2. The van der Waals surface area contributed by atoms with Crippen LogP contribution < -0.4 is 5.32 Å². The van der Waals surface area contributed by atoms with Gasteiger partial charge in [0.1, 0.15) is 11.3 Å². The highest BCUT2D eigenvalue weighted by Crippen LogP contribution is 2.48. The minimum Gasteiger partial charge on any atom is -0.426 e. The molecule has 7 nitrogen and oxygen atoms in total. The lowest BCUT2D eigenvalue weighted by Crippen LogP contribution is -2.53. The Morgan fingerprint density at radius 1 is 1.22 bits per heavy atom. The quantitative estimate of drug-likeness (QED) is 0.181. The summed E-state index contributed by atoms with van der Waals surface area (Å²) in [6.07, 6.45) is -10.9. The summed E-state index contributed by atoms with van der Waals surface area (Å²) < 4.78 is 91.7. The maximum Gasteiger partial charge on any atom is 0.396 e. The lowest BCUT2D eigenvalue weighted by atomic mass is 9.77. The SMILES string of the molecule is CCC1=C2OC(=O)CC(C(F)(F)F)C2=CC(CC(F)(F)F)C1OCCCCNC(=O)C(C)(C)N(C)C=O. The molecule has 1 N–H and O–H groups in total. The number of halogens is 6. The van der Waals surface area contributed by atoms with Gasteiger partial charge in [-0.2, -0.15) is 26.3 Å². The zero-order valence-corrected chi connectivity index (χ0v) is 21.1. The Morgan fingerprint density at radius 2 is 1.86 bits per heavy atom. The van der Waals surface area contributed by atoms with Gasteiger partial charge in [0.2, 0.25) is 12.3 Å². The first-order chi connectivity index (χ1) is 17.0. The fraction of sp³-hybridized carbons (Fsp3) is 0.708. The van der Waals surface area contributed by atoms with E-state index < -0.39 is 66.1 Å². The van der Waals surface area contributed by atoms with E-state index in [1.807, 2.05) is 0 Å². The van der Waals surface area contributed by atoms with Crippen LogP contribution in [0.5, 0.6) is 0 Å². The molecule has 1 fully saturated rings. The fourth-order valence-electron chi connectivity index (χ4n) is 4.26. The van der Waals surface area contributed by atoms with E-state index >= 15 is 0 Å². The van der Waals surface area contributed by atoms with Crippen molar-refractivity contribution in [2.75, 3.05) is 20.2 Å². The van der Waals surface area contributed by atoms with Gasteiger partial charge in [-0.1, -0.05) is 13.0 Å². The predicted octanol–water partition coefficient (Wildman–Crippen LogP) is 4.43. The van der Waals surface area contributed by atoms with Gasteiger partial charge >= 0.3 is 18.3 Å². The number of ether oxygens (including phenoxy) is 2. The van der Waals surface area contributed by atoms with Gasteiger partial charge in [0, 0.05) is 37.3 Å². The van der Waals surface area contributed by atoms with Crippen molar-refractivity contribution in [1.82, 2.24) is 10.2 Å². The molecule has 0 saturated carbocycles. The number of allylic oxidation sites excluding steroid dienone is 1. The van der Waals surface area contributed by atoms with Gasteiger partial charge < -0.3 is 19.7 Å². The molecular weight excluding hydrogens is 510 g/mol. The van der Waals surface area contributed by atoms with Crippen LogP contribution in [-0.2, 0) is 23.9 Å². The third kappa shape index (κ3) is 7.71. The molecule has 2 amide bonds. The van der Waals surface area contributed by atoms with Crippen LogP contribution in [0.15, 0.2) is 23.0 Å². The van der Waals surface area contributed by atoms with E-state index in [2.05, 4.69) is 5.32 Å². The molecule has 1 aliphatic heterocycles. The van der Waals surface area contributed by atoms with E-state index in [0.717, 1.165) is 6.08 Å². The minimum atomic E-state index is -4.83. The van der Waals surface area contributed by atoms with Crippen molar-refractivity contribution in [3.05, 3.63) is 23.0 Å². The highest BCUT2D eigenvalue weighted by Gasteiger charge is 2.51. The van der Waals surface area contributed by atoms with E-state index in [1.165, 1.54) is 11.9 Å². The number of hydrogen-bond donors (Lipinski definition) is 1. The maximum absolute atomic E-state index is 13.6. The second-order valence-corrected chi connectivity index (χ2v) is 9.62. The standard InChI is InChI=1S/C24H32F6N2O5/c1-5-15-19(36-9-7-6-8-31-21(35)22(2,3)32(4)13-33)14(12-23(25,26)27)10-16-17(24(28,29)30)11-18(34)37-20(15)16/h10,13-14,17,19H,5-9,11-12H2,1-4H3,(H,31,35). The Balaban J connectivity index is 2.12. The molecular formula is C24H32F6N2O5. The lowest BCUT2D eigenvalue weighted by Gasteiger charge is -2.38. The summed E-state index contributed by atoms with van der Waals surface area (Å²) >= 11 is 0. The average molecular weight is 543 g/mol. The van der Waals surface area contributed by atoms with Crippen LogP contribution >= 0.6 is 0 Å². The van der Waals surface area contributed by atoms with Crippen molar-refractivity contribution in [3.63, 3.8) is 0 Å². The number of likely N-dealkylation sites (N-methyl/N-ethyl adjacent to an activating group) is 1. The summed E-state index contributed by atoms with van der Waals surface area (Å²) in [6.45, 7) is 4.85. The number of unbranched alkanes of at least 4 members (excludes halogenated alkanes) is 1. The Morgan fingerprint density at radius 3 is 2.41 bits per heavy atom. The van der Waals surface area contributed by atoms with Gasteiger partial charge in [0.25, 0.3) is 0 Å². The monoisotopic (exact) mass is 542 g/mol. The molecule has 0 radical (unpaired) electrons. The molecule has 0 aromatic carbocycles. The number of alkyl halides is 6. The van der Waals surface area contributed by atoms with Crippen molar-refractivity contribution in [2.24, 2.45) is 11.8 Å². The first-order valence-corrected chi connectivity index (χ1v) is 11.9. The van der Waals surface area contributed by atoms with E-state index in [0.29, 0.717) is 19.3 Å². The molecule has 3 atom stereocenters. The van der Waals surface area contributed by atoms with Gasteiger partial charge in [-0.3, -0.25) is 14.4 Å². The maximum atomic E-state index is 13.6. The number of esters is 1. The van der Waals surface area contributed by atoms with Crippen molar-refractivity contribution >= 4 is 18.3 Å². The van der Waals surface area contributed by atoms with Crippen molar-refractivity contribution in [3.8, 4) is 0 Å². The third-order valence-electron chi connectivity index (χ3n) is 6.63. The Kier molecular flexibility index (Phi) is 9.83. The van der Waals surface area contributed by atoms with Crippen LogP contribution in [0, 0.1) is 11.8 Å². The van der Waals surface area contributed by atoms with Crippen LogP contribution in [0.3, 0.4) is 0 Å². The van der Waals surface area contributed by atoms with Crippen LogP contribution in [0.4, 0.5) is 26.3 Å². The molecule has 1 heterocycles. The lowest BCUT2D eigenvalue weighted by molar-refractivity contribution is -0.181. The van der Waals surface area contributed by atoms with Crippen LogP contribution in [0.1, 0.15) is 52.9 Å². The molecule has 2 rings (SSSR count). The van der Waals surface area contributed by atoms with Crippen LogP contribution in [0.25, 0.3) is 0 Å². The molecule has 1 aliphatic carbocycles. The second kappa shape index (κ2) is 11.9. The van der Waals surface area contributed by atoms with Crippen molar-refractivity contribution < 1.29 is 50.2 Å².